The summed E-state index contributed by atoms with van der Waals surface area (Å²) in [7, 11) is 0. The molecule has 76 valence electrons. The lowest BCUT2D eigenvalue weighted by atomic mass is 10.0. The average Bonchev–Trinajstić information content (AvgIpc) is 2.20. The second kappa shape index (κ2) is 3.99. The monoisotopic (exact) mass is 224 g/mol. The summed E-state index contributed by atoms with van der Waals surface area (Å²) in [6.45, 7) is 0. The molecule has 0 nitrogen and oxygen atoms in total. The molecule has 0 aliphatic heterocycles. The lowest BCUT2D eigenvalue weighted by Crippen LogP contribution is -1.89. The molecule has 0 N–H and O–H groups in total. The Hall–Kier alpha value is -1.41. The highest BCUT2D eigenvalue weighted by Crippen LogP contribution is 2.31. The molecular formula is C12H7ClF2. The Morgan fingerprint density at radius 3 is 2.00 bits per heavy atom. The van der Waals surface area contributed by atoms with Gasteiger partial charge in [0.25, 0.3) is 0 Å². The van der Waals surface area contributed by atoms with Gasteiger partial charge in [-0.15, -0.1) is 0 Å². The van der Waals surface area contributed by atoms with Crippen molar-refractivity contribution >= 4 is 11.6 Å². The van der Waals surface area contributed by atoms with Crippen molar-refractivity contribution in [3.8, 4) is 11.1 Å². The van der Waals surface area contributed by atoms with Gasteiger partial charge < -0.3 is 0 Å². The molecule has 15 heavy (non-hydrogen) atoms. The van der Waals surface area contributed by atoms with E-state index >= 15 is 0 Å². The lowest BCUT2D eigenvalue weighted by Gasteiger charge is -2.06. The van der Waals surface area contributed by atoms with Gasteiger partial charge in [-0.25, -0.2) is 8.78 Å². The van der Waals surface area contributed by atoms with Crippen LogP contribution in [0.25, 0.3) is 11.1 Å². The largest absolute Gasteiger partial charge is 0.206 e. The molecule has 0 aliphatic rings. The predicted molar refractivity (Wildman–Crippen MR) is 56.8 cm³/mol. The SMILES string of the molecule is Fc1cccc(F)c1-c1ccccc1Cl. The van der Waals surface area contributed by atoms with Crippen LogP contribution in [0.15, 0.2) is 42.5 Å². The van der Waals surface area contributed by atoms with Gasteiger partial charge in [0.05, 0.1) is 5.56 Å². The maximum Gasteiger partial charge on any atom is 0.134 e. The molecule has 0 fully saturated rings. The van der Waals surface area contributed by atoms with E-state index in [2.05, 4.69) is 0 Å². The first-order chi connectivity index (χ1) is 7.20. The van der Waals surface area contributed by atoms with Gasteiger partial charge in [-0.2, -0.15) is 0 Å². The third-order valence-electron chi connectivity index (χ3n) is 2.11. The second-order valence-corrected chi connectivity index (χ2v) is 3.48. The van der Waals surface area contributed by atoms with E-state index in [0.29, 0.717) is 10.6 Å². The number of rotatable bonds is 1. The van der Waals surface area contributed by atoms with Crippen LogP contribution >= 0.6 is 11.6 Å². The Labute approximate surface area is 91.1 Å². The maximum absolute atomic E-state index is 13.4. The van der Waals surface area contributed by atoms with Crippen molar-refractivity contribution in [2.45, 2.75) is 0 Å². The minimum Gasteiger partial charge on any atom is -0.206 e. The van der Waals surface area contributed by atoms with Crippen LogP contribution in [0.4, 0.5) is 8.78 Å². The molecule has 0 bridgehead atoms. The van der Waals surface area contributed by atoms with E-state index in [1.165, 1.54) is 18.2 Å². The highest BCUT2D eigenvalue weighted by atomic mass is 35.5. The third kappa shape index (κ3) is 1.85. The standard InChI is InChI=1S/C12H7ClF2/c13-9-5-2-1-4-8(9)12-10(14)6-3-7-11(12)15/h1-7H. The summed E-state index contributed by atoms with van der Waals surface area (Å²) in [5.74, 6) is -1.22. The van der Waals surface area contributed by atoms with Crippen molar-refractivity contribution in [2.75, 3.05) is 0 Å². The van der Waals surface area contributed by atoms with Gasteiger partial charge in [-0.3, -0.25) is 0 Å². The van der Waals surface area contributed by atoms with Gasteiger partial charge in [0.1, 0.15) is 11.6 Å². The highest BCUT2D eigenvalue weighted by molar-refractivity contribution is 6.33. The van der Waals surface area contributed by atoms with Crippen molar-refractivity contribution in [3.63, 3.8) is 0 Å². The van der Waals surface area contributed by atoms with Crippen LogP contribution in [0.2, 0.25) is 5.02 Å². The third-order valence-corrected chi connectivity index (χ3v) is 2.44. The molecule has 0 aliphatic carbocycles. The van der Waals surface area contributed by atoms with Crippen molar-refractivity contribution in [1.82, 2.24) is 0 Å². The Kier molecular flexibility index (Phi) is 2.69. The summed E-state index contributed by atoms with van der Waals surface area (Å²) in [4.78, 5) is 0. The van der Waals surface area contributed by atoms with Crippen LogP contribution in [-0.4, -0.2) is 0 Å². The van der Waals surface area contributed by atoms with Crippen molar-refractivity contribution in [3.05, 3.63) is 59.1 Å². The second-order valence-electron chi connectivity index (χ2n) is 3.08. The summed E-state index contributed by atoms with van der Waals surface area (Å²) < 4.78 is 26.8. The van der Waals surface area contributed by atoms with Crippen LogP contribution in [0.3, 0.4) is 0 Å². The first-order valence-corrected chi connectivity index (χ1v) is 4.77. The first kappa shape index (κ1) is 10.1. The molecule has 0 radical (unpaired) electrons. The van der Waals surface area contributed by atoms with E-state index < -0.39 is 11.6 Å². The van der Waals surface area contributed by atoms with E-state index in [1.54, 1.807) is 24.3 Å². The maximum atomic E-state index is 13.4. The number of hydrogen-bond donors (Lipinski definition) is 0. The molecule has 0 saturated carbocycles. The number of halogens is 3. The Morgan fingerprint density at radius 1 is 0.800 bits per heavy atom. The van der Waals surface area contributed by atoms with Crippen LogP contribution in [0.5, 0.6) is 0 Å². The smallest absolute Gasteiger partial charge is 0.134 e. The van der Waals surface area contributed by atoms with Crippen molar-refractivity contribution < 1.29 is 8.78 Å². The highest BCUT2D eigenvalue weighted by Gasteiger charge is 2.12. The summed E-state index contributed by atoms with van der Waals surface area (Å²) in [6, 6.07) is 10.3. The Morgan fingerprint density at radius 2 is 1.40 bits per heavy atom. The van der Waals surface area contributed by atoms with E-state index in [9.17, 15) is 8.78 Å². The van der Waals surface area contributed by atoms with Gasteiger partial charge in [0, 0.05) is 10.6 Å². The molecule has 0 atom stereocenters. The van der Waals surface area contributed by atoms with Gasteiger partial charge in [0.2, 0.25) is 0 Å². The normalized spacial score (nSPS) is 10.3. The summed E-state index contributed by atoms with van der Waals surface area (Å²) in [5, 5.41) is 0.335. The predicted octanol–water partition coefficient (Wildman–Crippen LogP) is 4.29. The number of benzene rings is 2. The topological polar surface area (TPSA) is 0 Å². The molecule has 2 rings (SSSR count). The van der Waals surface area contributed by atoms with E-state index in [-0.39, 0.29) is 5.56 Å². The molecule has 0 unspecified atom stereocenters. The molecule has 2 aromatic rings. The zero-order valence-corrected chi connectivity index (χ0v) is 8.43. The molecule has 0 saturated heterocycles. The molecule has 3 heteroatoms. The van der Waals surface area contributed by atoms with Crippen molar-refractivity contribution in [2.24, 2.45) is 0 Å². The van der Waals surface area contributed by atoms with E-state index in [4.69, 9.17) is 11.6 Å². The summed E-state index contributed by atoms with van der Waals surface area (Å²) >= 11 is 5.87. The molecule has 0 aromatic heterocycles. The fraction of sp³-hybridized carbons (Fsp3) is 0. The van der Waals surface area contributed by atoms with Gasteiger partial charge in [-0.1, -0.05) is 35.9 Å². The van der Waals surface area contributed by atoms with Gasteiger partial charge in [0.15, 0.2) is 0 Å². The molecular weight excluding hydrogens is 218 g/mol. The van der Waals surface area contributed by atoms with Crippen LogP contribution in [0.1, 0.15) is 0 Å². The van der Waals surface area contributed by atoms with Crippen LogP contribution in [-0.2, 0) is 0 Å². The number of hydrogen-bond acceptors (Lipinski definition) is 0. The first-order valence-electron chi connectivity index (χ1n) is 4.39. The molecule has 0 amide bonds. The van der Waals surface area contributed by atoms with Gasteiger partial charge >= 0.3 is 0 Å². The minimum atomic E-state index is -0.608. The quantitative estimate of drug-likeness (QED) is 0.678. The lowest BCUT2D eigenvalue weighted by molar-refractivity contribution is 0.589. The minimum absolute atomic E-state index is 0.0805. The van der Waals surface area contributed by atoms with Gasteiger partial charge in [-0.05, 0) is 18.2 Å². The summed E-state index contributed by atoms with van der Waals surface area (Å²) in [6.07, 6.45) is 0. The zero-order chi connectivity index (χ0) is 10.8. The Balaban J connectivity index is 2.69. The summed E-state index contributed by atoms with van der Waals surface area (Å²) in [5.41, 5.74) is 0.290. The molecule has 0 spiro atoms. The van der Waals surface area contributed by atoms with Crippen molar-refractivity contribution in [1.29, 1.82) is 0 Å². The Bertz CT molecular complexity index is 474. The average molecular weight is 225 g/mol. The fourth-order valence-electron chi connectivity index (χ4n) is 1.42. The fourth-order valence-corrected chi connectivity index (χ4v) is 1.65. The molecule has 0 heterocycles. The zero-order valence-electron chi connectivity index (χ0n) is 7.68. The molecule has 2 aromatic carbocycles. The van der Waals surface area contributed by atoms with E-state index in [1.807, 2.05) is 0 Å². The van der Waals surface area contributed by atoms with E-state index in [0.717, 1.165) is 0 Å². The van der Waals surface area contributed by atoms with Crippen LogP contribution in [0, 0.1) is 11.6 Å². The van der Waals surface area contributed by atoms with Crippen LogP contribution < -0.4 is 0 Å².